The molecule has 0 bridgehead atoms. The van der Waals surface area contributed by atoms with Gasteiger partial charge < -0.3 is 10.4 Å². The van der Waals surface area contributed by atoms with Crippen LogP contribution in [-0.2, 0) is 4.79 Å². The van der Waals surface area contributed by atoms with Crippen molar-refractivity contribution in [3.05, 3.63) is 29.8 Å². The van der Waals surface area contributed by atoms with Crippen molar-refractivity contribution in [2.45, 2.75) is 48.3 Å². The van der Waals surface area contributed by atoms with E-state index >= 15 is 0 Å². The maximum absolute atomic E-state index is 13.7. The molecular formula is C15H19F2NO2S. The van der Waals surface area contributed by atoms with Gasteiger partial charge in [-0.1, -0.05) is 6.92 Å². The molecular weight excluding hydrogens is 296 g/mol. The molecule has 1 saturated carbocycles. The summed E-state index contributed by atoms with van der Waals surface area (Å²) in [6.07, 6.45) is 2.64. The molecule has 0 aromatic heterocycles. The first-order valence-electron chi connectivity index (χ1n) is 7.07. The Balaban J connectivity index is 2.12. The number of aliphatic carboxylic acids is 1. The van der Waals surface area contributed by atoms with Crippen LogP contribution in [0.15, 0.2) is 23.1 Å². The lowest BCUT2D eigenvalue weighted by Gasteiger charge is -2.38. The predicted octanol–water partition coefficient (Wildman–Crippen LogP) is 3.43. The van der Waals surface area contributed by atoms with Crippen LogP contribution in [0.1, 0.15) is 32.6 Å². The maximum atomic E-state index is 13.7. The lowest BCUT2D eigenvalue weighted by atomic mass is 9.81. The second-order valence-electron chi connectivity index (χ2n) is 5.33. The number of halogens is 2. The summed E-state index contributed by atoms with van der Waals surface area (Å²) in [7, 11) is 0. The molecule has 6 heteroatoms. The zero-order chi connectivity index (χ0) is 15.5. The molecule has 0 heterocycles. The SMILES string of the molecule is CCNC1(C(=O)O)CCCC(Sc2ccc(F)cc2F)C1. The third-order valence-electron chi connectivity index (χ3n) is 3.82. The number of carboxylic acids is 1. The molecule has 1 fully saturated rings. The fourth-order valence-corrected chi connectivity index (χ4v) is 4.17. The summed E-state index contributed by atoms with van der Waals surface area (Å²) in [5.74, 6) is -2.04. The summed E-state index contributed by atoms with van der Waals surface area (Å²) in [4.78, 5) is 12.0. The first-order chi connectivity index (χ1) is 9.97. The number of likely N-dealkylation sites (N-methyl/N-ethyl adjacent to an activating group) is 1. The number of carbonyl (C=O) groups is 1. The minimum absolute atomic E-state index is 0.00820. The van der Waals surface area contributed by atoms with Gasteiger partial charge in [-0.2, -0.15) is 0 Å². The van der Waals surface area contributed by atoms with Gasteiger partial charge in [-0.25, -0.2) is 8.78 Å². The van der Waals surface area contributed by atoms with Crippen LogP contribution in [-0.4, -0.2) is 28.4 Å². The normalized spacial score (nSPS) is 25.8. The Labute approximate surface area is 127 Å². The van der Waals surface area contributed by atoms with E-state index in [9.17, 15) is 18.7 Å². The Morgan fingerprint density at radius 1 is 1.52 bits per heavy atom. The molecule has 0 amide bonds. The Hall–Kier alpha value is -1.14. The van der Waals surface area contributed by atoms with Gasteiger partial charge >= 0.3 is 5.97 Å². The first kappa shape index (κ1) is 16.2. The van der Waals surface area contributed by atoms with E-state index in [1.807, 2.05) is 6.92 Å². The molecule has 2 unspecified atom stereocenters. The van der Waals surface area contributed by atoms with Crippen LogP contribution in [0.4, 0.5) is 8.78 Å². The van der Waals surface area contributed by atoms with Crippen molar-refractivity contribution in [3.8, 4) is 0 Å². The van der Waals surface area contributed by atoms with Crippen molar-refractivity contribution in [1.82, 2.24) is 5.32 Å². The number of hydrogen-bond donors (Lipinski definition) is 2. The smallest absolute Gasteiger partial charge is 0.323 e. The van der Waals surface area contributed by atoms with Crippen LogP contribution < -0.4 is 5.32 Å². The summed E-state index contributed by atoms with van der Waals surface area (Å²) in [6.45, 7) is 2.45. The molecule has 21 heavy (non-hydrogen) atoms. The van der Waals surface area contributed by atoms with Gasteiger partial charge in [-0.3, -0.25) is 4.79 Å². The molecule has 2 N–H and O–H groups in total. The molecule has 0 radical (unpaired) electrons. The van der Waals surface area contributed by atoms with Gasteiger partial charge in [0, 0.05) is 16.2 Å². The van der Waals surface area contributed by atoms with Crippen molar-refractivity contribution in [1.29, 1.82) is 0 Å². The summed E-state index contributed by atoms with van der Waals surface area (Å²) >= 11 is 1.30. The van der Waals surface area contributed by atoms with Crippen molar-refractivity contribution in [3.63, 3.8) is 0 Å². The van der Waals surface area contributed by atoms with E-state index in [4.69, 9.17) is 0 Å². The Morgan fingerprint density at radius 2 is 2.29 bits per heavy atom. The van der Waals surface area contributed by atoms with E-state index < -0.39 is 23.1 Å². The highest BCUT2D eigenvalue weighted by molar-refractivity contribution is 8.00. The second-order valence-corrected chi connectivity index (χ2v) is 6.67. The number of nitrogens with one attached hydrogen (secondary N) is 1. The van der Waals surface area contributed by atoms with E-state index in [0.29, 0.717) is 24.3 Å². The second kappa shape index (κ2) is 6.75. The van der Waals surface area contributed by atoms with Gasteiger partial charge in [-0.05, 0) is 44.4 Å². The number of benzene rings is 1. The molecule has 2 atom stereocenters. The molecule has 0 spiro atoms. The molecule has 0 aliphatic heterocycles. The van der Waals surface area contributed by atoms with Crippen molar-refractivity contribution >= 4 is 17.7 Å². The highest BCUT2D eigenvalue weighted by Crippen LogP contribution is 2.39. The summed E-state index contributed by atoms with van der Waals surface area (Å²) in [5, 5.41) is 12.6. The van der Waals surface area contributed by atoms with Crippen LogP contribution in [0.2, 0.25) is 0 Å². The Morgan fingerprint density at radius 3 is 2.90 bits per heavy atom. The zero-order valence-corrected chi connectivity index (χ0v) is 12.7. The van der Waals surface area contributed by atoms with Crippen LogP contribution in [0, 0.1) is 11.6 Å². The number of carboxylic acid groups (broad SMARTS) is 1. The highest BCUT2D eigenvalue weighted by atomic mass is 32.2. The van der Waals surface area contributed by atoms with Gasteiger partial charge in [0.2, 0.25) is 0 Å². The molecule has 3 nitrogen and oxygen atoms in total. The van der Waals surface area contributed by atoms with Crippen molar-refractivity contribution in [2.75, 3.05) is 6.54 Å². The minimum Gasteiger partial charge on any atom is -0.480 e. The van der Waals surface area contributed by atoms with Gasteiger partial charge in [-0.15, -0.1) is 11.8 Å². The minimum atomic E-state index is -0.929. The van der Waals surface area contributed by atoms with E-state index in [-0.39, 0.29) is 5.25 Å². The van der Waals surface area contributed by atoms with Crippen LogP contribution in [0.3, 0.4) is 0 Å². The number of hydrogen-bond acceptors (Lipinski definition) is 3. The Kier molecular flexibility index (Phi) is 5.22. The molecule has 1 aromatic rings. The van der Waals surface area contributed by atoms with E-state index in [1.165, 1.54) is 23.9 Å². The Bertz CT molecular complexity index is 522. The lowest BCUT2D eigenvalue weighted by Crippen LogP contribution is -2.55. The zero-order valence-electron chi connectivity index (χ0n) is 11.9. The van der Waals surface area contributed by atoms with Gasteiger partial charge in [0.25, 0.3) is 0 Å². The van der Waals surface area contributed by atoms with E-state index in [0.717, 1.165) is 18.9 Å². The van der Waals surface area contributed by atoms with E-state index in [2.05, 4.69) is 5.32 Å². The fraction of sp³-hybridized carbons (Fsp3) is 0.533. The third kappa shape index (κ3) is 3.74. The van der Waals surface area contributed by atoms with Gasteiger partial charge in [0.15, 0.2) is 0 Å². The maximum Gasteiger partial charge on any atom is 0.323 e. The standard InChI is InChI=1S/C15H19F2NO2S/c1-2-18-15(14(19)20)7-3-4-11(9-15)21-13-6-5-10(16)8-12(13)17/h5-6,8,11,18H,2-4,7,9H2,1H3,(H,19,20). The molecule has 0 saturated heterocycles. The van der Waals surface area contributed by atoms with Crippen molar-refractivity contribution < 1.29 is 18.7 Å². The molecule has 116 valence electrons. The summed E-state index contributed by atoms with van der Waals surface area (Å²) in [5.41, 5.74) is -0.929. The average Bonchev–Trinajstić information content (AvgIpc) is 2.42. The summed E-state index contributed by atoms with van der Waals surface area (Å²) < 4.78 is 26.6. The average molecular weight is 315 g/mol. The third-order valence-corrected chi connectivity index (χ3v) is 5.14. The predicted molar refractivity (Wildman–Crippen MR) is 78.5 cm³/mol. The van der Waals surface area contributed by atoms with Gasteiger partial charge in [0.1, 0.15) is 17.2 Å². The monoisotopic (exact) mass is 315 g/mol. The van der Waals surface area contributed by atoms with Crippen LogP contribution in [0.5, 0.6) is 0 Å². The topological polar surface area (TPSA) is 49.3 Å². The van der Waals surface area contributed by atoms with Crippen molar-refractivity contribution in [2.24, 2.45) is 0 Å². The highest BCUT2D eigenvalue weighted by Gasteiger charge is 2.42. The first-order valence-corrected chi connectivity index (χ1v) is 7.95. The number of thioether (sulfide) groups is 1. The number of rotatable bonds is 5. The van der Waals surface area contributed by atoms with Crippen LogP contribution >= 0.6 is 11.8 Å². The van der Waals surface area contributed by atoms with Gasteiger partial charge in [0.05, 0.1) is 0 Å². The quantitative estimate of drug-likeness (QED) is 0.874. The summed E-state index contributed by atoms with van der Waals surface area (Å²) in [6, 6.07) is 3.50. The fourth-order valence-electron chi connectivity index (χ4n) is 2.84. The molecule has 1 aliphatic rings. The lowest BCUT2D eigenvalue weighted by molar-refractivity contribution is -0.146. The molecule has 1 aromatic carbocycles. The van der Waals surface area contributed by atoms with Crippen LogP contribution in [0.25, 0.3) is 0 Å². The van der Waals surface area contributed by atoms with E-state index in [1.54, 1.807) is 0 Å². The molecule has 2 rings (SSSR count). The largest absolute Gasteiger partial charge is 0.480 e. The molecule has 1 aliphatic carbocycles.